The Morgan fingerprint density at radius 2 is 1.80 bits per heavy atom. The van der Waals surface area contributed by atoms with Crippen molar-refractivity contribution in [2.75, 3.05) is 24.3 Å². The van der Waals surface area contributed by atoms with E-state index in [1.807, 2.05) is 6.07 Å². The van der Waals surface area contributed by atoms with Crippen LogP contribution in [0.15, 0.2) is 42.6 Å². The molecular weight excluding hydrogens is 558 g/mol. The highest BCUT2D eigenvalue weighted by Crippen LogP contribution is 2.42. The normalized spacial score (nSPS) is 19.7. The van der Waals surface area contributed by atoms with Crippen molar-refractivity contribution in [1.29, 1.82) is 0 Å². The third kappa shape index (κ3) is 6.55. The van der Waals surface area contributed by atoms with Gasteiger partial charge in [-0.05, 0) is 66.5 Å². The molecule has 1 fully saturated rings. The topological polar surface area (TPSA) is 117 Å². The minimum absolute atomic E-state index is 0.0689. The summed E-state index contributed by atoms with van der Waals surface area (Å²) in [5.41, 5.74) is 2.61. The molecule has 0 spiro atoms. The van der Waals surface area contributed by atoms with Crippen molar-refractivity contribution in [3.63, 3.8) is 0 Å². The van der Waals surface area contributed by atoms with E-state index in [1.54, 1.807) is 42.3 Å². The van der Waals surface area contributed by atoms with Gasteiger partial charge in [-0.3, -0.25) is 9.36 Å². The Hall–Kier alpha value is -3.47. The Balaban J connectivity index is 1.45. The third-order valence-corrected chi connectivity index (χ3v) is 7.99. The summed E-state index contributed by atoms with van der Waals surface area (Å²) in [4.78, 5) is 22.7. The summed E-state index contributed by atoms with van der Waals surface area (Å²) in [7, 11) is -0.413. The van der Waals surface area contributed by atoms with Crippen LogP contribution in [0.2, 0.25) is 0 Å². The number of nitrogens with one attached hydrogen (secondary N) is 2. The Morgan fingerprint density at radius 3 is 2.46 bits per heavy atom. The summed E-state index contributed by atoms with van der Waals surface area (Å²) in [6, 6.07) is 10.3. The molecule has 0 saturated heterocycles. The fraction of sp³-hybridized carbons (Fsp3) is 0.393. The minimum Gasteiger partial charge on any atom is -0.393 e. The standard InChI is InChI=1S/C28H31F3N5O4P/c1-36-14-21-20(17-5-9-19(37)10-6-17)11-12-23(24(21)26(36)38)34-25-22(28(29,30)31)13-32-27(35-25)33-18-7-3-16(4-8-18)15-40-41(2)39/h3-4,7-8,11-13,17,19,37,41H,5-6,9-10,14-15H2,1-2H3,(H2,32,33,34,35)/t17-,19-. The highest BCUT2D eigenvalue weighted by Gasteiger charge is 2.37. The molecule has 1 aromatic heterocycles. The third-order valence-electron chi connectivity index (χ3n) is 7.44. The fourth-order valence-corrected chi connectivity index (χ4v) is 5.69. The first-order chi connectivity index (χ1) is 19.5. The van der Waals surface area contributed by atoms with E-state index in [1.165, 1.54) is 6.66 Å². The second kappa shape index (κ2) is 11.8. The first-order valence-electron chi connectivity index (χ1n) is 13.3. The lowest BCUT2D eigenvalue weighted by Crippen LogP contribution is -2.18. The number of fused-ring (bicyclic) bond motifs is 1. The van der Waals surface area contributed by atoms with Crippen LogP contribution in [-0.4, -0.2) is 45.7 Å². The molecule has 5 rings (SSSR count). The van der Waals surface area contributed by atoms with Crippen LogP contribution in [0.4, 0.5) is 36.3 Å². The number of halogens is 3. The predicted molar refractivity (Wildman–Crippen MR) is 149 cm³/mol. The first kappa shape index (κ1) is 29.0. The maximum atomic E-state index is 14.0. The number of aromatic nitrogens is 2. The van der Waals surface area contributed by atoms with Crippen molar-refractivity contribution >= 4 is 37.1 Å². The molecule has 1 aliphatic heterocycles. The van der Waals surface area contributed by atoms with Crippen LogP contribution in [0.5, 0.6) is 0 Å². The molecule has 1 saturated carbocycles. The van der Waals surface area contributed by atoms with Gasteiger partial charge in [-0.25, -0.2) is 4.98 Å². The van der Waals surface area contributed by atoms with Crippen LogP contribution in [-0.2, 0) is 28.4 Å². The number of hydrogen-bond acceptors (Lipinski definition) is 8. The average Bonchev–Trinajstić information content (AvgIpc) is 3.23. The fourth-order valence-electron chi connectivity index (χ4n) is 5.32. The summed E-state index contributed by atoms with van der Waals surface area (Å²) in [5.74, 6) is -0.658. The largest absolute Gasteiger partial charge is 0.421 e. The number of aliphatic hydroxyl groups excluding tert-OH is 1. The van der Waals surface area contributed by atoms with Gasteiger partial charge in [-0.15, -0.1) is 0 Å². The molecule has 0 bridgehead atoms. The van der Waals surface area contributed by atoms with Crippen molar-refractivity contribution in [2.24, 2.45) is 0 Å². The average molecular weight is 590 g/mol. The monoisotopic (exact) mass is 589 g/mol. The zero-order valence-electron chi connectivity index (χ0n) is 22.6. The van der Waals surface area contributed by atoms with Crippen molar-refractivity contribution in [1.82, 2.24) is 14.9 Å². The number of carbonyl (C=O) groups is 1. The molecule has 3 aromatic rings. The lowest BCUT2D eigenvalue weighted by molar-refractivity contribution is -0.137. The molecule has 1 atom stereocenters. The summed E-state index contributed by atoms with van der Waals surface area (Å²) in [6.07, 6.45) is -1.45. The van der Waals surface area contributed by atoms with Gasteiger partial charge in [-0.2, -0.15) is 18.2 Å². The quantitative estimate of drug-likeness (QED) is 0.266. The number of rotatable bonds is 8. The number of benzene rings is 2. The molecule has 218 valence electrons. The molecule has 0 radical (unpaired) electrons. The molecule has 41 heavy (non-hydrogen) atoms. The van der Waals surface area contributed by atoms with Gasteiger partial charge in [-0.1, -0.05) is 18.2 Å². The van der Waals surface area contributed by atoms with Crippen LogP contribution in [0, 0.1) is 0 Å². The van der Waals surface area contributed by atoms with Crippen molar-refractivity contribution in [3.05, 3.63) is 70.4 Å². The number of carbonyl (C=O) groups excluding carboxylic acids is 1. The van der Waals surface area contributed by atoms with Crippen LogP contribution in [0.25, 0.3) is 0 Å². The molecule has 13 heteroatoms. The molecule has 1 unspecified atom stereocenters. The van der Waals surface area contributed by atoms with Gasteiger partial charge in [0.25, 0.3) is 5.91 Å². The van der Waals surface area contributed by atoms with Crippen molar-refractivity contribution < 1.29 is 32.2 Å². The van der Waals surface area contributed by atoms with Crippen LogP contribution < -0.4 is 10.6 Å². The Bertz CT molecular complexity index is 1460. The van der Waals surface area contributed by atoms with E-state index < -0.39 is 25.6 Å². The van der Waals surface area contributed by atoms with Gasteiger partial charge < -0.3 is 25.2 Å². The number of nitrogens with zero attached hydrogens (tertiary/aromatic N) is 3. The summed E-state index contributed by atoms with van der Waals surface area (Å²) >= 11 is 0. The summed E-state index contributed by atoms with van der Waals surface area (Å²) in [6.45, 7) is 2.03. The van der Waals surface area contributed by atoms with Gasteiger partial charge in [0, 0.05) is 32.1 Å². The van der Waals surface area contributed by atoms with Gasteiger partial charge in [0.15, 0.2) is 8.03 Å². The van der Waals surface area contributed by atoms with Gasteiger partial charge in [0.05, 0.1) is 24.0 Å². The number of alkyl halides is 3. The Kier molecular flexibility index (Phi) is 8.35. The lowest BCUT2D eigenvalue weighted by Gasteiger charge is -2.27. The van der Waals surface area contributed by atoms with Gasteiger partial charge in [0.2, 0.25) is 5.95 Å². The molecule has 1 amide bonds. The van der Waals surface area contributed by atoms with Crippen LogP contribution in [0.3, 0.4) is 0 Å². The number of hydrogen-bond donors (Lipinski definition) is 3. The van der Waals surface area contributed by atoms with Crippen molar-refractivity contribution in [3.8, 4) is 0 Å². The maximum Gasteiger partial charge on any atom is 0.421 e. The van der Waals surface area contributed by atoms with E-state index >= 15 is 0 Å². The van der Waals surface area contributed by atoms with E-state index in [4.69, 9.17) is 4.52 Å². The minimum atomic E-state index is -4.74. The number of aliphatic hydroxyl groups is 1. The molecule has 9 nitrogen and oxygen atoms in total. The highest BCUT2D eigenvalue weighted by atomic mass is 31.1. The number of anilines is 4. The second-order valence-electron chi connectivity index (χ2n) is 10.4. The smallest absolute Gasteiger partial charge is 0.393 e. The van der Waals surface area contributed by atoms with Crippen molar-refractivity contribution in [2.45, 2.75) is 57.0 Å². The van der Waals surface area contributed by atoms with E-state index in [-0.39, 0.29) is 36.2 Å². The Labute approximate surface area is 236 Å². The van der Waals surface area contributed by atoms with Crippen LogP contribution in [0.1, 0.15) is 64.2 Å². The zero-order valence-corrected chi connectivity index (χ0v) is 23.6. The molecular formula is C28H31F3N5O4P. The predicted octanol–water partition coefficient (Wildman–Crippen LogP) is 6.21. The lowest BCUT2D eigenvalue weighted by atomic mass is 9.80. The second-order valence-corrected chi connectivity index (χ2v) is 11.7. The molecule has 1 aliphatic carbocycles. The van der Waals surface area contributed by atoms with Gasteiger partial charge in [0.1, 0.15) is 11.4 Å². The molecule has 3 N–H and O–H groups in total. The summed E-state index contributed by atoms with van der Waals surface area (Å²) < 4.78 is 58.2. The van der Waals surface area contributed by atoms with Crippen LogP contribution >= 0.6 is 8.03 Å². The number of amides is 1. The molecule has 2 aromatic carbocycles. The Morgan fingerprint density at radius 1 is 1.10 bits per heavy atom. The highest BCUT2D eigenvalue weighted by molar-refractivity contribution is 7.38. The summed E-state index contributed by atoms with van der Waals surface area (Å²) in [5, 5.41) is 15.6. The first-order valence-corrected chi connectivity index (χ1v) is 15.1. The molecule has 2 aliphatic rings. The van der Waals surface area contributed by atoms with E-state index in [9.17, 15) is 27.6 Å². The maximum absolute atomic E-state index is 14.0. The van der Waals surface area contributed by atoms with E-state index in [0.717, 1.165) is 29.5 Å². The van der Waals surface area contributed by atoms with E-state index in [0.29, 0.717) is 36.8 Å². The van der Waals surface area contributed by atoms with E-state index in [2.05, 4.69) is 20.6 Å². The zero-order chi connectivity index (χ0) is 29.3. The van der Waals surface area contributed by atoms with Gasteiger partial charge >= 0.3 is 6.18 Å². The SMILES string of the molecule is CN1Cc2c(c(Nc3nc(Nc4ccc(CO[PH](C)=O)cc4)ncc3C(F)(F)F)ccc2[C@H]2CC[C@H](O)CC2)C1=O. The molecule has 2 heterocycles.